The van der Waals surface area contributed by atoms with E-state index in [0.29, 0.717) is 12.2 Å². The topological polar surface area (TPSA) is 105 Å². The van der Waals surface area contributed by atoms with Crippen LogP contribution in [0, 0.1) is 12.7 Å². The van der Waals surface area contributed by atoms with Crippen LogP contribution in [0.25, 0.3) is 0 Å². The minimum absolute atomic E-state index is 0.0413. The van der Waals surface area contributed by atoms with Crippen LogP contribution in [-0.4, -0.2) is 58.0 Å². The lowest BCUT2D eigenvalue weighted by molar-refractivity contribution is -0.140. The summed E-state index contributed by atoms with van der Waals surface area (Å²) >= 11 is 0. The van der Waals surface area contributed by atoms with Gasteiger partial charge in [0.15, 0.2) is 11.5 Å². The molecule has 0 heterocycles. The summed E-state index contributed by atoms with van der Waals surface area (Å²) in [5.41, 5.74) is 2.64. The van der Waals surface area contributed by atoms with E-state index in [1.165, 1.54) is 49.5 Å². The standard InChI is InChI=1S/C37H42FN3O6S/c1-6-27(3)39-37(43)33(22-28-12-8-7-9-13-28)40(24-29-14-10-11-26(2)21-29)36(42)25-41(31-17-15-30(38)16-18-31)48(44,45)32-19-20-34(46-4)35(23-32)47-5/h7-21,23,27,33H,6,22,24-25H2,1-5H3,(H,39,43)/t27-,33-/m0/s1. The molecule has 0 spiro atoms. The first-order valence-electron chi connectivity index (χ1n) is 15.7. The summed E-state index contributed by atoms with van der Waals surface area (Å²) in [5.74, 6) is -1.05. The highest BCUT2D eigenvalue weighted by atomic mass is 32.2. The highest BCUT2D eigenvalue weighted by molar-refractivity contribution is 7.92. The number of ether oxygens (including phenoxy) is 2. The van der Waals surface area contributed by atoms with Crippen molar-refractivity contribution in [2.75, 3.05) is 25.1 Å². The van der Waals surface area contributed by atoms with Crippen molar-refractivity contribution in [3.05, 3.63) is 120 Å². The number of rotatable bonds is 15. The first-order valence-corrected chi connectivity index (χ1v) is 17.1. The van der Waals surface area contributed by atoms with Crippen LogP contribution in [0.3, 0.4) is 0 Å². The number of anilines is 1. The molecule has 0 aliphatic carbocycles. The summed E-state index contributed by atoms with van der Waals surface area (Å²) < 4.78 is 54.2. The summed E-state index contributed by atoms with van der Waals surface area (Å²) in [6, 6.07) is 24.7. The van der Waals surface area contributed by atoms with Crippen molar-refractivity contribution in [1.82, 2.24) is 10.2 Å². The lowest BCUT2D eigenvalue weighted by atomic mass is 10.0. The van der Waals surface area contributed by atoms with Gasteiger partial charge in [0.2, 0.25) is 11.8 Å². The number of carbonyl (C=O) groups is 2. The van der Waals surface area contributed by atoms with Crippen molar-refractivity contribution in [1.29, 1.82) is 0 Å². The Morgan fingerprint density at radius 2 is 1.52 bits per heavy atom. The zero-order valence-electron chi connectivity index (χ0n) is 27.9. The maximum atomic E-state index is 14.6. The quantitative estimate of drug-likeness (QED) is 0.168. The predicted molar refractivity (Wildman–Crippen MR) is 184 cm³/mol. The molecule has 0 aromatic heterocycles. The molecule has 0 bridgehead atoms. The molecule has 0 radical (unpaired) electrons. The first-order chi connectivity index (χ1) is 23.0. The number of benzene rings is 4. The number of aryl methyl sites for hydroxylation is 1. The molecule has 0 saturated heterocycles. The summed E-state index contributed by atoms with van der Waals surface area (Å²) in [7, 11) is -1.62. The number of hydrogen-bond donors (Lipinski definition) is 1. The maximum Gasteiger partial charge on any atom is 0.264 e. The number of hydrogen-bond acceptors (Lipinski definition) is 6. The number of carbonyl (C=O) groups excluding carboxylic acids is 2. The fourth-order valence-electron chi connectivity index (χ4n) is 5.24. The third-order valence-electron chi connectivity index (χ3n) is 8.04. The molecule has 0 aliphatic rings. The van der Waals surface area contributed by atoms with E-state index in [0.717, 1.165) is 33.1 Å². The minimum atomic E-state index is -4.43. The van der Waals surface area contributed by atoms with Gasteiger partial charge in [-0.3, -0.25) is 13.9 Å². The molecule has 1 N–H and O–H groups in total. The van der Waals surface area contributed by atoms with Crippen LogP contribution in [-0.2, 0) is 32.6 Å². The molecule has 0 unspecified atom stereocenters. The summed E-state index contributed by atoms with van der Waals surface area (Å²) in [6.45, 7) is 5.14. The van der Waals surface area contributed by atoms with Gasteiger partial charge in [0.25, 0.3) is 10.0 Å². The third-order valence-corrected chi connectivity index (χ3v) is 9.81. The first kappa shape index (κ1) is 35.9. The van der Waals surface area contributed by atoms with Crippen LogP contribution in [0.5, 0.6) is 11.5 Å². The van der Waals surface area contributed by atoms with Crippen LogP contribution in [0.15, 0.2) is 102 Å². The number of nitrogens with one attached hydrogen (secondary N) is 1. The Bertz CT molecular complexity index is 1800. The molecule has 4 aromatic rings. The Balaban J connectivity index is 1.83. The number of sulfonamides is 1. The number of halogens is 1. The minimum Gasteiger partial charge on any atom is -0.493 e. The molecule has 4 aromatic carbocycles. The van der Waals surface area contributed by atoms with E-state index in [1.807, 2.05) is 75.4 Å². The van der Waals surface area contributed by atoms with E-state index >= 15 is 0 Å². The summed E-state index contributed by atoms with van der Waals surface area (Å²) in [6.07, 6.45) is 0.872. The predicted octanol–water partition coefficient (Wildman–Crippen LogP) is 5.90. The second kappa shape index (κ2) is 16.3. The lowest BCUT2D eigenvalue weighted by Gasteiger charge is -2.34. The van der Waals surface area contributed by atoms with Crippen molar-refractivity contribution in [3.63, 3.8) is 0 Å². The molecule has 2 atom stereocenters. The van der Waals surface area contributed by atoms with Gasteiger partial charge in [-0.25, -0.2) is 12.8 Å². The second-order valence-corrected chi connectivity index (χ2v) is 13.4. The summed E-state index contributed by atoms with van der Waals surface area (Å²) in [4.78, 5) is 29.8. The fraction of sp³-hybridized carbons (Fsp3) is 0.297. The largest absolute Gasteiger partial charge is 0.493 e. The van der Waals surface area contributed by atoms with Crippen molar-refractivity contribution >= 4 is 27.5 Å². The van der Waals surface area contributed by atoms with Gasteiger partial charge >= 0.3 is 0 Å². The van der Waals surface area contributed by atoms with Crippen molar-refractivity contribution in [2.24, 2.45) is 0 Å². The van der Waals surface area contributed by atoms with Gasteiger partial charge in [-0.05, 0) is 67.8 Å². The van der Waals surface area contributed by atoms with Crippen LogP contribution in [0.1, 0.15) is 37.0 Å². The molecule has 0 saturated carbocycles. The fourth-order valence-corrected chi connectivity index (χ4v) is 6.67. The maximum absolute atomic E-state index is 14.6. The Labute approximate surface area is 282 Å². The smallest absolute Gasteiger partial charge is 0.264 e. The SMILES string of the molecule is CC[C@H](C)NC(=O)[C@H](Cc1ccccc1)N(Cc1cccc(C)c1)C(=O)CN(c1ccc(F)cc1)S(=O)(=O)c1ccc(OC)c(OC)c1. The van der Waals surface area contributed by atoms with Gasteiger partial charge in [-0.1, -0.05) is 67.1 Å². The average molecular weight is 676 g/mol. The molecule has 48 heavy (non-hydrogen) atoms. The molecular weight excluding hydrogens is 633 g/mol. The molecule has 11 heteroatoms. The van der Waals surface area contributed by atoms with Crippen LogP contribution >= 0.6 is 0 Å². The van der Waals surface area contributed by atoms with Crippen LogP contribution in [0.4, 0.5) is 10.1 Å². The van der Waals surface area contributed by atoms with Crippen molar-refractivity contribution < 1.29 is 31.9 Å². The second-order valence-electron chi connectivity index (χ2n) is 11.5. The van der Waals surface area contributed by atoms with E-state index < -0.39 is 34.3 Å². The molecule has 9 nitrogen and oxygen atoms in total. The van der Waals surface area contributed by atoms with Crippen LogP contribution in [0.2, 0.25) is 0 Å². The van der Waals surface area contributed by atoms with E-state index in [9.17, 15) is 22.4 Å². The third kappa shape index (κ3) is 8.92. The number of methoxy groups -OCH3 is 2. The molecule has 0 aliphatic heterocycles. The van der Waals surface area contributed by atoms with Gasteiger partial charge in [-0.15, -0.1) is 0 Å². The molecule has 0 fully saturated rings. The van der Waals surface area contributed by atoms with E-state index in [4.69, 9.17) is 9.47 Å². The molecule has 4 rings (SSSR count). The van der Waals surface area contributed by atoms with Crippen LogP contribution < -0.4 is 19.1 Å². The van der Waals surface area contributed by atoms with Gasteiger partial charge in [0.1, 0.15) is 18.4 Å². The van der Waals surface area contributed by atoms with Gasteiger partial charge in [-0.2, -0.15) is 0 Å². The monoisotopic (exact) mass is 675 g/mol. The van der Waals surface area contributed by atoms with E-state index in [2.05, 4.69) is 5.32 Å². The zero-order chi connectivity index (χ0) is 34.8. The average Bonchev–Trinajstić information content (AvgIpc) is 3.09. The Morgan fingerprint density at radius 1 is 0.854 bits per heavy atom. The van der Waals surface area contributed by atoms with Crippen molar-refractivity contribution in [2.45, 2.75) is 57.1 Å². The number of nitrogens with zero attached hydrogens (tertiary/aromatic N) is 2. The molecule has 254 valence electrons. The number of amides is 2. The Hall–Kier alpha value is -4.90. The van der Waals surface area contributed by atoms with E-state index in [-0.39, 0.29) is 41.2 Å². The van der Waals surface area contributed by atoms with Gasteiger partial charge in [0.05, 0.1) is 24.8 Å². The van der Waals surface area contributed by atoms with Crippen molar-refractivity contribution in [3.8, 4) is 11.5 Å². The normalized spacial score (nSPS) is 12.5. The highest BCUT2D eigenvalue weighted by Gasteiger charge is 2.35. The van der Waals surface area contributed by atoms with E-state index in [1.54, 1.807) is 0 Å². The zero-order valence-corrected chi connectivity index (χ0v) is 28.7. The lowest BCUT2D eigenvalue weighted by Crippen LogP contribution is -2.54. The van der Waals surface area contributed by atoms with Gasteiger partial charge < -0.3 is 19.7 Å². The Kier molecular flexibility index (Phi) is 12.2. The molecular formula is C37H42FN3O6S. The highest BCUT2D eigenvalue weighted by Crippen LogP contribution is 2.32. The van der Waals surface area contributed by atoms with Gasteiger partial charge in [0, 0.05) is 25.1 Å². The summed E-state index contributed by atoms with van der Waals surface area (Å²) in [5, 5.41) is 3.02. The molecule has 2 amide bonds. The Morgan fingerprint density at radius 3 is 2.15 bits per heavy atom.